The highest BCUT2D eigenvalue weighted by molar-refractivity contribution is 5.09. The first kappa shape index (κ1) is 11.8. The van der Waals surface area contributed by atoms with Crippen LogP contribution in [0.5, 0.6) is 0 Å². The van der Waals surface area contributed by atoms with Gasteiger partial charge in [-0.25, -0.2) is 0 Å². The average Bonchev–Trinajstić information content (AvgIpc) is 2.72. The molecule has 0 amide bonds. The molecule has 0 aromatic carbocycles. The summed E-state index contributed by atoms with van der Waals surface area (Å²) in [4.78, 5) is 2.38. The van der Waals surface area contributed by atoms with Crippen molar-refractivity contribution in [2.45, 2.75) is 31.2 Å². The highest BCUT2D eigenvalue weighted by Gasteiger charge is 2.37. The second-order valence-corrected chi connectivity index (χ2v) is 4.70. The lowest BCUT2D eigenvalue weighted by atomic mass is 9.90. The van der Waals surface area contributed by atoms with Crippen LogP contribution in [0.3, 0.4) is 0 Å². The molecule has 0 bridgehead atoms. The minimum Gasteiger partial charge on any atom is -0.381 e. The molecule has 4 heteroatoms. The van der Waals surface area contributed by atoms with Crippen molar-refractivity contribution in [3.05, 3.63) is 0 Å². The molecule has 1 unspecified atom stereocenters. The average molecular weight is 223 g/mol. The van der Waals surface area contributed by atoms with Crippen LogP contribution in [0.2, 0.25) is 0 Å². The molecule has 0 aromatic rings. The maximum atomic E-state index is 9.54. The molecule has 0 aliphatic carbocycles. The number of hydrogen-bond donors (Lipinski definition) is 1. The van der Waals surface area contributed by atoms with Gasteiger partial charge in [0.05, 0.1) is 6.07 Å². The molecule has 16 heavy (non-hydrogen) atoms. The smallest absolute Gasteiger partial charge is 0.111 e. The van der Waals surface area contributed by atoms with Gasteiger partial charge in [-0.15, -0.1) is 0 Å². The van der Waals surface area contributed by atoms with Crippen LogP contribution in [-0.2, 0) is 4.74 Å². The normalized spacial score (nSPS) is 33.7. The zero-order chi connectivity index (χ0) is 11.3. The largest absolute Gasteiger partial charge is 0.381 e. The lowest BCUT2D eigenvalue weighted by Crippen LogP contribution is -2.49. The molecule has 0 spiro atoms. The van der Waals surface area contributed by atoms with E-state index < -0.39 is 0 Å². The van der Waals surface area contributed by atoms with Gasteiger partial charge in [-0.05, 0) is 25.8 Å². The van der Waals surface area contributed by atoms with E-state index in [4.69, 9.17) is 4.74 Å². The Bertz CT molecular complexity index is 245. The van der Waals surface area contributed by atoms with Crippen molar-refractivity contribution in [2.75, 3.05) is 39.4 Å². The van der Waals surface area contributed by atoms with Crippen LogP contribution in [0.25, 0.3) is 0 Å². The summed E-state index contributed by atoms with van der Waals surface area (Å²) in [5, 5.41) is 12.9. The van der Waals surface area contributed by atoms with E-state index in [-0.39, 0.29) is 5.54 Å². The quantitative estimate of drug-likeness (QED) is 0.712. The van der Waals surface area contributed by atoms with E-state index in [1.165, 1.54) is 0 Å². The Kier molecular flexibility index (Phi) is 4.16. The third-order valence-corrected chi connectivity index (χ3v) is 3.69. The molecular formula is C12H21N3O. The summed E-state index contributed by atoms with van der Waals surface area (Å²) in [5.74, 6) is 0. The summed E-state index contributed by atoms with van der Waals surface area (Å²) in [7, 11) is 0. The summed E-state index contributed by atoms with van der Waals surface area (Å²) >= 11 is 0. The minimum atomic E-state index is -0.261. The van der Waals surface area contributed by atoms with Crippen molar-refractivity contribution in [3.8, 4) is 6.07 Å². The van der Waals surface area contributed by atoms with Gasteiger partial charge in [0.1, 0.15) is 5.54 Å². The Labute approximate surface area is 97.6 Å². The molecule has 2 fully saturated rings. The second kappa shape index (κ2) is 5.62. The predicted octanol–water partition coefficient (Wildman–Crippen LogP) is 0.745. The first-order chi connectivity index (χ1) is 7.87. The molecule has 0 aromatic heterocycles. The van der Waals surface area contributed by atoms with E-state index in [1.807, 2.05) is 0 Å². The summed E-state index contributed by atoms with van der Waals surface area (Å²) in [6.45, 7) is 5.67. The van der Waals surface area contributed by atoms with E-state index in [0.29, 0.717) is 0 Å². The van der Waals surface area contributed by atoms with E-state index in [1.54, 1.807) is 0 Å². The number of nitrogens with one attached hydrogen (secondary N) is 1. The van der Waals surface area contributed by atoms with E-state index >= 15 is 0 Å². The van der Waals surface area contributed by atoms with Gasteiger partial charge < -0.3 is 10.1 Å². The van der Waals surface area contributed by atoms with Crippen LogP contribution in [0.15, 0.2) is 0 Å². The van der Waals surface area contributed by atoms with Crippen LogP contribution >= 0.6 is 0 Å². The summed E-state index contributed by atoms with van der Waals surface area (Å²) in [6.07, 6.45) is 3.98. The topological polar surface area (TPSA) is 48.3 Å². The minimum absolute atomic E-state index is 0.261. The SMILES string of the molecule is N#CC1(N2CCCNCC2)CCCOCC1. The summed E-state index contributed by atoms with van der Waals surface area (Å²) in [6, 6.07) is 2.57. The van der Waals surface area contributed by atoms with E-state index in [2.05, 4.69) is 16.3 Å². The van der Waals surface area contributed by atoms with Crippen LogP contribution in [0.1, 0.15) is 25.7 Å². The van der Waals surface area contributed by atoms with Crippen molar-refractivity contribution in [1.82, 2.24) is 10.2 Å². The molecule has 2 saturated heterocycles. The molecule has 2 rings (SSSR count). The Morgan fingerprint density at radius 3 is 2.94 bits per heavy atom. The zero-order valence-corrected chi connectivity index (χ0v) is 9.87. The van der Waals surface area contributed by atoms with Crippen molar-refractivity contribution in [3.63, 3.8) is 0 Å². The van der Waals surface area contributed by atoms with Gasteiger partial charge in [0.15, 0.2) is 0 Å². The van der Waals surface area contributed by atoms with Crippen LogP contribution in [0.4, 0.5) is 0 Å². The van der Waals surface area contributed by atoms with Crippen molar-refractivity contribution < 1.29 is 4.74 Å². The maximum absolute atomic E-state index is 9.54. The monoisotopic (exact) mass is 223 g/mol. The summed E-state index contributed by atoms with van der Waals surface area (Å²) < 4.78 is 5.48. The predicted molar refractivity (Wildman–Crippen MR) is 62.1 cm³/mol. The maximum Gasteiger partial charge on any atom is 0.111 e. The van der Waals surface area contributed by atoms with Crippen molar-refractivity contribution in [2.24, 2.45) is 0 Å². The van der Waals surface area contributed by atoms with E-state index in [9.17, 15) is 5.26 Å². The van der Waals surface area contributed by atoms with Gasteiger partial charge >= 0.3 is 0 Å². The Morgan fingerprint density at radius 1 is 1.12 bits per heavy atom. The second-order valence-electron chi connectivity index (χ2n) is 4.70. The van der Waals surface area contributed by atoms with Gasteiger partial charge in [-0.2, -0.15) is 5.26 Å². The number of hydrogen-bond acceptors (Lipinski definition) is 4. The number of rotatable bonds is 1. The molecule has 1 N–H and O–H groups in total. The molecule has 1 atom stereocenters. The van der Waals surface area contributed by atoms with Crippen molar-refractivity contribution in [1.29, 1.82) is 5.26 Å². The van der Waals surface area contributed by atoms with Gasteiger partial charge in [0, 0.05) is 39.3 Å². The highest BCUT2D eigenvalue weighted by Crippen LogP contribution is 2.28. The number of nitrogens with zero attached hydrogens (tertiary/aromatic N) is 2. The highest BCUT2D eigenvalue weighted by atomic mass is 16.5. The fourth-order valence-electron chi connectivity index (χ4n) is 2.71. The Morgan fingerprint density at radius 2 is 2.06 bits per heavy atom. The lowest BCUT2D eigenvalue weighted by molar-refractivity contribution is 0.105. The third kappa shape index (κ3) is 2.54. The number of ether oxygens (including phenoxy) is 1. The third-order valence-electron chi connectivity index (χ3n) is 3.69. The van der Waals surface area contributed by atoms with Crippen molar-refractivity contribution >= 4 is 0 Å². The molecule has 90 valence electrons. The van der Waals surface area contributed by atoms with E-state index in [0.717, 1.165) is 65.1 Å². The number of nitriles is 1. The standard InChI is InChI=1S/C12H21N3O/c13-11-12(3-1-9-16-10-4-12)15-7-2-5-14-6-8-15/h14H,1-10H2. The van der Waals surface area contributed by atoms with Gasteiger partial charge in [-0.1, -0.05) is 0 Å². The fraction of sp³-hybridized carbons (Fsp3) is 0.917. The molecule has 2 aliphatic rings. The fourth-order valence-corrected chi connectivity index (χ4v) is 2.71. The van der Waals surface area contributed by atoms with Gasteiger partial charge in [-0.3, -0.25) is 4.90 Å². The van der Waals surface area contributed by atoms with Crippen LogP contribution in [-0.4, -0.2) is 49.8 Å². The molecule has 2 heterocycles. The van der Waals surface area contributed by atoms with Crippen LogP contribution in [0, 0.1) is 11.3 Å². The van der Waals surface area contributed by atoms with Gasteiger partial charge in [0.25, 0.3) is 0 Å². The molecule has 4 nitrogen and oxygen atoms in total. The first-order valence-corrected chi connectivity index (χ1v) is 6.32. The van der Waals surface area contributed by atoms with Gasteiger partial charge in [0.2, 0.25) is 0 Å². The Balaban J connectivity index is 2.08. The molecule has 0 radical (unpaired) electrons. The molecule has 2 aliphatic heterocycles. The Hall–Kier alpha value is -0.630. The zero-order valence-electron chi connectivity index (χ0n) is 9.87. The molecular weight excluding hydrogens is 202 g/mol. The first-order valence-electron chi connectivity index (χ1n) is 6.32. The van der Waals surface area contributed by atoms with Crippen LogP contribution < -0.4 is 5.32 Å². The summed E-state index contributed by atoms with van der Waals surface area (Å²) in [5.41, 5.74) is -0.261. The lowest BCUT2D eigenvalue weighted by Gasteiger charge is -2.37. The molecule has 0 saturated carbocycles.